The van der Waals surface area contributed by atoms with Crippen molar-refractivity contribution >= 4 is 5.78 Å². The quantitative estimate of drug-likeness (QED) is 0.377. The second kappa shape index (κ2) is 8.25. The molecule has 30 heavy (non-hydrogen) atoms. The molecule has 0 N–H and O–H groups in total. The number of hydrogen-bond acceptors (Lipinski definition) is 3. The Morgan fingerprint density at radius 1 is 0.867 bits per heavy atom. The predicted molar refractivity (Wildman–Crippen MR) is 95.7 cm³/mol. The highest BCUT2D eigenvalue weighted by molar-refractivity contribution is 5.96. The average Bonchev–Trinajstić information content (AvgIpc) is 2.71. The van der Waals surface area contributed by atoms with Crippen LogP contribution in [0.3, 0.4) is 0 Å². The van der Waals surface area contributed by atoms with Crippen molar-refractivity contribution in [1.29, 1.82) is 0 Å². The maximum Gasteiger partial charge on any atom is 0.418 e. The summed E-state index contributed by atoms with van der Waals surface area (Å²) in [4.78, 5) is 20.3. The van der Waals surface area contributed by atoms with E-state index in [9.17, 15) is 31.1 Å². The zero-order chi connectivity index (χ0) is 21.9. The first-order valence-electron chi connectivity index (χ1n) is 8.70. The van der Waals surface area contributed by atoms with E-state index in [1.165, 1.54) is 24.5 Å². The first-order valence-corrected chi connectivity index (χ1v) is 8.70. The average molecular weight is 424 g/mol. The van der Waals surface area contributed by atoms with Crippen LogP contribution in [0, 0.1) is 0 Å². The van der Waals surface area contributed by atoms with Gasteiger partial charge in [-0.15, -0.1) is 0 Å². The predicted octanol–water partition coefficient (Wildman–Crippen LogP) is 5.92. The van der Waals surface area contributed by atoms with Gasteiger partial charge in [-0.3, -0.25) is 14.8 Å². The van der Waals surface area contributed by atoms with E-state index in [1.54, 1.807) is 0 Å². The van der Waals surface area contributed by atoms with Gasteiger partial charge < -0.3 is 0 Å². The maximum atomic E-state index is 13.5. The summed E-state index contributed by atoms with van der Waals surface area (Å²) >= 11 is 0. The Morgan fingerprint density at radius 2 is 1.53 bits per heavy atom. The Hall–Kier alpha value is -3.23. The monoisotopic (exact) mass is 424 g/mol. The molecule has 0 amide bonds. The third-order valence-corrected chi connectivity index (χ3v) is 4.49. The number of rotatable bonds is 5. The fraction of sp³-hybridized carbons (Fsp3) is 0.190. The van der Waals surface area contributed by atoms with E-state index in [4.69, 9.17) is 0 Å². The van der Waals surface area contributed by atoms with E-state index in [0.717, 1.165) is 42.6 Å². The van der Waals surface area contributed by atoms with Gasteiger partial charge in [0.2, 0.25) is 0 Å². The molecule has 0 radical (unpaired) electrons. The van der Waals surface area contributed by atoms with Crippen molar-refractivity contribution in [3.63, 3.8) is 0 Å². The van der Waals surface area contributed by atoms with Crippen molar-refractivity contribution in [3.8, 4) is 0 Å². The van der Waals surface area contributed by atoms with E-state index in [2.05, 4.69) is 9.97 Å². The van der Waals surface area contributed by atoms with Gasteiger partial charge in [-0.25, -0.2) is 0 Å². The van der Waals surface area contributed by atoms with Gasteiger partial charge in [0.1, 0.15) is 0 Å². The number of alkyl halides is 6. The minimum atomic E-state index is -4.74. The van der Waals surface area contributed by atoms with Crippen LogP contribution in [0.1, 0.15) is 45.1 Å². The van der Waals surface area contributed by atoms with E-state index < -0.39 is 47.3 Å². The highest BCUT2D eigenvalue weighted by Gasteiger charge is 2.37. The molecule has 0 aliphatic rings. The molecule has 2 aromatic heterocycles. The highest BCUT2D eigenvalue weighted by Crippen LogP contribution is 2.39. The molecule has 2 heterocycles. The largest absolute Gasteiger partial charge is 0.418 e. The normalized spacial score (nSPS) is 13.1. The number of ketones is 1. The van der Waals surface area contributed by atoms with E-state index >= 15 is 0 Å². The topological polar surface area (TPSA) is 42.9 Å². The van der Waals surface area contributed by atoms with Crippen molar-refractivity contribution in [2.45, 2.75) is 24.7 Å². The molecule has 1 atom stereocenters. The van der Waals surface area contributed by atoms with Gasteiger partial charge in [0.25, 0.3) is 0 Å². The summed E-state index contributed by atoms with van der Waals surface area (Å²) in [6, 6.07) is 8.58. The Morgan fingerprint density at radius 3 is 2.10 bits per heavy atom. The number of halogens is 6. The Balaban J connectivity index is 2.07. The number of benzene rings is 1. The summed E-state index contributed by atoms with van der Waals surface area (Å²) < 4.78 is 79.2. The SMILES string of the molecule is O=C(C[C@@H](c1ccc(C(F)(F)F)cc1)c1ncccc1C(F)(F)F)c1cccnc1. The lowest BCUT2D eigenvalue weighted by molar-refractivity contribution is -0.139. The molecule has 0 spiro atoms. The van der Waals surface area contributed by atoms with Crippen LogP contribution in [0.2, 0.25) is 0 Å². The van der Waals surface area contributed by atoms with Crippen LogP contribution in [0.4, 0.5) is 26.3 Å². The molecule has 3 rings (SSSR count). The molecule has 9 heteroatoms. The van der Waals surface area contributed by atoms with Crippen molar-refractivity contribution in [2.75, 3.05) is 0 Å². The van der Waals surface area contributed by atoms with Gasteiger partial charge in [0.05, 0.1) is 16.8 Å². The number of nitrogens with zero attached hydrogens (tertiary/aromatic N) is 2. The highest BCUT2D eigenvalue weighted by atomic mass is 19.4. The molecule has 3 nitrogen and oxygen atoms in total. The summed E-state index contributed by atoms with van der Waals surface area (Å²) in [6.07, 6.45) is -5.90. The second-order valence-corrected chi connectivity index (χ2v) is 6.48. The lowest BCUT2D eigenvalue weighted by Gasteiger charge is -2.21. The minimum Gasteiger partial charge on any atom is -0.294 e. The number of Topliss-reactive ketones (excluding diaryl/α,β-unsaturated/α-hetero) is 1. The zero-order valence-electron chi connectivity index (χ0n) is 15.2. The van der Waals surface area contributed by atoms with E-state index in [1.807, 2.05) is 0 Å². The van der Waals surface area contributed by atoms with Crippen LogP contribution in [-0.2, 0) is 12.4 Å². The Labute approximate surface area is 167 Å². The number of aromatic nitrogens is 2. The number of pyridine rings is 2. The molecular weight excluding hydrogens is 410 g/mol. The van der Waals surface area contributed by atoms with Crippen LogP contribution < -0.4 is 0 Å². The third-order valence-electron chi connectivity index (χ3n) is 4.49. The molecule has 0 unspecified atom stereocenters. The first-order chi connectivity index (χ1) is 14.1. The third kappa shape index (κ3) is 4.84. The molecule has 3 aromatic rings. The fourth-order valence-corrected chi connectivity index (χ4v) is 3.04. The zero-order valence-corrected chi connectivity index (χ0v) is 15.2. The van der Waals surface area contributed by atoms with E-state index in [-0.39, 0.29) is 11.1 Å². The van der Waals surface area contributed by atoms with Crippen molar-refractivity contribution in [3.05, 3.63) is 95.1 Å². The van der Waals surface area contributed by atoms with Crippen LogP contribution in [0.15, 0.2) is 67.1 Å². The molecule has 0 aliphatic carbocycles. The smallest absolute Gasteiger partial charge is 0.294 e. The molecule has 156 valence electrons. The second-order valence-electron chi connectivity index (χ2n) is 6.48. The summed E-state index contributed by atoms with van der Waals surface area (Å²) in [5, 5.41) is 0. The summed E-state index contributed by atoms with van der Waals surface area (Å²) in [5.74, 6) is -1.70. The van der Waals surface area contributed by atoms with Gasteiger partial charge in [-0.2, -0.15) is 26.3 Å². The van der Waals surface area contributed by atoms with Gasteiger partial charge >= 0.3 is 12.4 Å². The van der Waals surface area contributed by atoms with Gasteiger partial charge in [0.15, 0.2) is 5.78 Å². The number of hydrogen-bond donors (Lipinski definition) is 0. The van der Waals surface area contributed by atoms with Crippen molar-refractivity contribution in [1.82, 2.24) is 9.97 Å². The van der Waals surface area contributed by atoms with Gasteiger partial charge in [-0.1, -0.05) is 12.1 Å². The lowest BCUT2D eigenvalue weighted by Crippen LogP contribution is -2.17. The number of carbonyl (C=O) groups excluding carboxylic acids is 1. The fourth-order valence-electron chi connectivity index (χ4n) is 3.04. The standard InChI is InChI=1S/C21H14F6N2O/c22-20(23,24)15-7-5-13(6-8-15)16(11-18(30)14-3-1-9-28-12-14)19-17(21(25,26)27)4-2-10-29-19/h1-10,12,16H,11H2/t16-/m0/s1. The van der Waals surface area contributed by atoms with Crippen molar-refractivity contribution < 1.29 is 31.1 Å². The summed E-state index contributed by atoms with van der Waals surface area (Å²) in [6.45, 7) is 0. The van der Waals surface area contributed by atoms with Crippen LogP contribution in [-0.4, -0.2) is 15.8 Å². The molecule has 1 aromatic carbocycles. The summed E-state index contributed by atoms with van der Waals surface area (Å²) in [5.41, 5.74) is -2.13. The van der Waals surface area contributed by atoms with Crippen molar-refractivity contribution in [2.24, 2.45) is 0 Å². The lowest BCUT2D eigenvalue weighted by atomic mass is 9.86. The first kappa shape index (κ1) is 21.5. The molecular formula is C21H14F6N2O. The maximum absolute atomic E-state index is 13.5. The molecule has 0 saturated heterocycles. The molecule has 0 fully saturated rings. The molecule has 0 saturated carbocycles. The summed E-state index contributed by atoms with van der Waals surface area (Å²) in [7, 11) is 0. The Bertz CT molecular complexity index is 1010. The number of carbonyl (C=O) groups is 1. The van der Waals surface area contributed by atoms with Crippen LogP contribution >= 0.6 is 0 Å². The van der Waals surface area contributed by atoms with Gasteiger partial charge in [-0.05, 0) is 42.0 Å². The van der Waals surface area contributed by atoms with Gasteiger partial charge in [0, 0.05) is 36.5 Å². The Kier molecular flexibility index (Phi) is 5.91. The molecule has 0 aliphatic heterocycles. The van der Waals surface area contributed by atoms with E-state index in [0.29, 0.717) is 0 Å². The van der Waals surface area contributed by atoms with Crippen LogP contribution in [0.5, 0.6) is 0 Å². The minimum absolute atomic E-state index is 0.115. The van der Waals surface area contributed by atoms with Crippen LogP contribution in [0.25, 0.3) is 0 Å². The molecule has 0 bridgehead atoms.